The maximum absolute atomic E-state index is 13.5. The van der Waals surface area contributed by atoms with E-state index in [1.165, 1.54) is 16.7 Å². The number of phenolic OH excluding ortho intramolecular Hbond substituents is 1. The molecule has 3 aromatic rings. The predicted octanol–water partition coefficient (Wildman–Crippen LogP) is 9.75. The Hall–Kier alpha value is -3.31. The van der Waals surface area contributed by atoms with Crippen molar-refractivity contribution in [2.45, 2.75) is 111 Å². The summed E-state index contributed by atoms with van der Waals surface area (Å²) in [6.45, 7) is 16.6. The zero-order valence-electron chi connectivity index (χ0n) is 27.4. The van der Waals surface area contributed by atoms with Crippen molar-refractivity contribution < 1.29 is 24.1 Å². The van der Waals surface area contributed by atoms with Crippen LogP contribution in [0, 0.1) is 5.41 Å². The number of carbonyl (C=O) groups excluding carboxylic acids is 1. The lowest BCUT2D eigenvalue weighted by atomic mass is 9.71. The normalized spacial score (nSPS) is 16.0. The Kier molecular flexibility index (Phi) is 12.3. The fraction of sp³-hybridized carbons (Fsp3) is 0.500. The van der Waals surface area contributed by atoms with Gasteiger partial charge in [0, 0.05) is 6.61 Å². The third-order valence-corrected chi connectivity index (χ3v) is 8.36. The number of hydrogen-bond donors (Lipinski definition) is 1. The Morgan fingerprint density at radius 1 is 0.767 bits per heavy atom. The average Bonchev–Trinajstić information content (AvgIpc) is 2.96. The van der Waals surface area contributed by atoms with Crippen LogP contribution in [0.4, 0.5) is 0 Å². The van der Waals surface area contributed by atoms with Gasteiger partial charge in [-0.2, -0.15) is 0 Å². The van der Waals surface area contributed by atoms with Gasteiger partial charge in [0.1, 0.15) is 17.1 Å². The van der Waals surface area contributed by atoms with E-state index in [4.69, 9.17) is 14.2 Å². The Labute approximate surface area is 259 Å². The lowest BCUT2D eigenvalue weighted by Crippen LogP contribution is -2.36. The monoisotopic (exact) mass is 588 g/mol. The van der Waals surface area contributed by atoms with E-state index in [2.05, 4.69) is 50.2 Å². The number of benzene rings is 3. The summed E-state index contributed by atoms with van der Waals surface area (Å²) < 4.78 is 17.3. The highest BCUT2D eigenvalue weighted by Gasteiger charge is 2.39. The second-order valence-corrected chi connectivity index (χ2v) is 13.1. The molecule has 0 spiro atoms. The SMILES string of the molecule is CCOC(C)Oc1ccc(C(C)CC(CC(CC(C)(CC)C(=O)OC(C)(C)C)c2ccccc2)c2ccc(O)cc2)cc1. The number of ether oxygens (including phenoxy) is 3. The van der Waals surface area contributed by atoms with Gasteiger partial charge in [0.05, 0.1) is 5.41 Å². The molecule has 43 heavy (non-hydrogen) atoms. The van der Waals surface area contributed by atoms with Crippen LogP contribution in [0.25, 0.3) is 0 Å². The van der Waals surface area contributed by atoms with Crippen molar-refractivity contribution in [2.75, 3.05) is 6.61 Å². The van der Waals surface area contributed by atoms with Crippen LogP contribution in [0.5, 0.6) is 11.5 Å². The second-order valence-electron chi connectivity index (χ2n) is 13.1. The summed E-state index contributed by atoms with van der Waals surface area (Å²) in [5.74, 6) is 1.53. The van der Waals surface area contributed by atoms with Gasteiger partial charge in [0.25, 0.3) is 0 Å². The van der Waals surface area contributed by atoms with Gasteiger partial charge >= 0.3 is 5.97 Å². The minimum absolute atomic E-state index is 0.139. The molecule has 0 saturated heterocycles. The molecule has 0 bridgehead atoms. The van der Waals surface area contributed by atoms with Crippen LogP contribution in [0.1, 0.15) is 116 Å². The van der Waals surface area contributed by atoms with Gasteiger partial charge in [-0.1, -0.05) is 68.4 Å². The summed E-state index contributed by atoms with van der Waals surface area (Å²) in [5.41, 5.74) is 2.50. The predicted molar refractivity (Wildman–Crippen MR) is 175 cm³/mol. The third kappa shape index (κ3) is 10.4. The second kappa shape index (κ2) is 15.4. The largest absolute Gasteiger partial charge is 0.508 e. The molecule has 5 nitrogen and oxygen atoms in total. The molecule has 1 N–H and O–H groups in total. The molecule has 5 heteroatoms. The van der Waals surface area contributed by atoms with Crippen molar-refractivity contribution in [3.8, 4) is 11.5 Å². The molecular weight excluding hydrogens is 536 g/mol. The van der Waals surface area contributed by atoms with Crippen molar-refractivity contribution >= 4 is 5.97 Å². The van der Waals surface area contributed by atoms with Gasteiger partial charge in [0.2, 0.25) is 0 Å². The topological polar surface area (TPSA) is 65.0 Å². The highest BCUT2D eigenvalue weighted by atomic mass is 16.7. The van der Waals surface area contributed by atoms with Crippen LogP contribution >= 0.6 is 0 Å². The average molecular weight is 589 g/mol. The van der Waals surface area contributed by atoms with E-state index in [9.17, 15) is 9.90 Å². The zero-order chi connectivity index (χ0) is 31.6. The molecule has 0 aliphatic carbocycles. The standard InChI is InChI=1S/C38H52O5/c1-9-38(8,36(40)43-37(5,6)7)26-33(30-14-12-11-13-15-30)25-32(31-16-20-34(39)21-17-31)24-27(3)29-18-22-35(23-19-29)42-28(4)41-10-2/h11-23,27-28,32-33,39H,9-10,24-26H2,1-8H3. The molecule has 0 aliphatic rings. The van der Waals surface area contributed by atoms with Crippen LogP contribution in [0.3, 0.4) is 0 Å². The number of hydrogen-bond acceptors (Lipinski definition) is 5. The number of carbonyl (C=O) groups is 1. The first-order chi connectivity index (χ1) is 20.3. The van der Waals surface area contributed by atoms with E-state index in [-0.39, 0.29) is 35.8 Å². The van der Waals surface area contributed by atoms with E-state index in [0.29, 0.717) is 19.4 Å². The van der Waals surface area contributed by atoms with Crippen LogP contribution in [-0.4, -0.2) is 29.6 Å². The lowest BCUT2D eigenvalue weighted by Gasteiger charge is -2.35. The first-order valence-corrected chi connectivity index (χ1v) is 15.8. The maximum atomic E-state index is 13.5. The summed E-state index contributed by atoms with van der Waals surface area (Å²) in [4.78, 5) is 13.5. The van der Waals surface area contributed by atoms with Gasteiger partial charge < -0.3 is 19.3 Å². The quantitative estimate of drug-likeness (QED) is 0.141. The van der Waals surface area contributed by atoms with Crippen molar-refractivity contribution in [3.63, 3.8) is 0 Å². The number of phenols is 1. The van der Waals surface area contributed by atoms with Crippen LogP contribution < -0.4 is 4.74 Å². The lowest BCUT2D eigenvalue weighted by molar-refractivity contribution is -0.167. The Morgan fingerprint density at radius 2 is 1.35 bits per heavy atom. The van der Waals surface area contributed by atoms with E-state index >= 15 is 0 Å². The smallest absolute Gasteiger partial charge is 0.312 e. The van der Waals surface area contributed by atoms with Crippen LogP contribution in [0.2, 0.25) is 0 Å². The third-order valence-electron chi connectivity index (χ3n) is 8.36. The molecule has 3 aromatic carbocycles. The fourth-order valence-electron chi connectivity index (χ4n) is 5.74. The first-order valence-electron chi connectivity index (χ1n) is 15.8. The Balaban J connectivity index is 1.91. The molecule has 0 aromatic heterocycles. The Bertz CT molecular complexity index is 1250. The summed E-state index contributed by atoms with van der Waals surface area (Å²) in [6, 6.07) is 26.5. The van der Waals surface area contributed by atoms with Gasteiger partial charge in [-0.3, -0.25) is 4.79 Å². The van der Waals surface area contributed by atoms with Gasteiger partial charge in [-0.15, -0.1) is 0 Å². The Morgan fingerprint density at radius 3 is 1.91 bits per heavy atom. The molecule has 0 heterocycles. The van der Waals surface area contributed by atoms with Gasteiger partial charge in [-0.25, -0.2) is 0 Å². The van der Waals surface area contributed by atoms with E-state index in [0.717, 1.165) is 18.6 Å². The minimum Gasteiger partial charge on any atom is -0.508 e. The molecule has 0 saturated carbocycles. The van der Waals surface area contributed by atoms with Crippen LogP contribution in [0.15, 0.2) is 78.9 Å². The molecule has 3 rings (SSSR count). The summed E-state index contributed by atoms with van der Waals surface area (Å²) >= 11 is 0. The molecule has 0 amide bonds. The molecule has 5 atom stereocenters. The van der Waals surface area contributed by atoms with Gasteiger partial charge in [0.15, 0.2) is 6.29 Å². The maximum Gasteiger partial charge on any atom is 0.312 e. The highest BCUT2D eigenvalue weighted by molar-refractivity contribution is 5.76. The number of aromatic hydroxyl groups is 1. The number of rotatable bonds is 15. The molecule has 5 unspecified atom stereocenters. The van der Waals surface area contributed by atoms with Crippen molar-refractivity contribution in [2.24, 2.45) is 5.41 Å². The van der Waals surface area contributed by atoms with Crippen molar-refractivity contribution in [1.29, 1.82) is 0 Å². The summed E-state index contributed by atoms with van der Waals surface area (Å²) in [6.07, 6.45) is 2.87. The zero-order valence-corrected chi connectivity index (χ0v) is 27.4. The fourth-order valence-corrected chi connectivity index (χ4v) is 5.74. The molecule has 0 radical (unpaired) electrons. The van der Waals surface area contributed by atoms with Crippen molar-refractivity contribution in [3.05, 3.63) is 95.6 Å². The highest BCUT2D eigenvalue weighted by Crippen LogP contribution is 2.44. The molecular formula is C38H52O5. The summed E-state index contributed by atoms with van der Waals surface area (Å²) in [7, 11) is 0. The minimum atomic E-state index is -0.618. The summed E-state index contributed by atoms with van der Waals surface area (Å²) in [5, 5.41) is 10.0. The first kappa shape index (κ1) is 34.2. The number of esters is 1. The van der Waals surface area contributed by atoms with E-state index in [1.807, 2.05) is 71.9 Å². The molecule has 0 aliphatic heterocycles. The van der Waals surface area contributed by atoms with E-state index in [1.54, 1.807) is 12.1 Å². The van der Waals surface area contributed by atoms with Crippen molar-refractivity contribution in [1.82, 2.24) is 0 Å². The molecule has 234 valence electrons. The molecule has 0 fully saturated rings. The van der Waals surface area contributed by atoms with Gasteiger partial charge in [-0.05, 0) is 126 Å². The van der Waals surface area contributed by atoms with Crippen LogP contribution in [-0.2, 0) is 14.3 Å². The van der Waals surface area contributed by atoms with E-state index < -0.39 is 11.0 Å².